The summed E-state index contributed by atoms with van der Waals surface area (Å²) < 4.78 is 39.0. The van der Waals surface area contributed by atoms with Crippen LogP contribution >= 0.6 is 0 Å². The fourth-order valence-corrected chi connectivity index (χ4v) is 0.782. The molecule has 0 spiro atoms. The maximum Gasteiger partial charge on any atom is 0.414 e. The Kier molecular flexibility index (Phi) is 1.42. The second kappa shape index (κ2) is 1.87. The first-order chi connectivity index (χ1) is 4.00. The lowest BCUT2D eigenvalue weighted by atomic mass is 10.1. The standard InChI is InChI=1S/C5H7F3O/c1-3-2-4(9-3)5(6,7)8/h3-4H,2H2,1H3. The van der Waals surface area contributed by atoms with Gasteiger partial charge in [0.05, 0.1) is 6.10 Å². The third kappa shape index (κ3) is 1.36. The number of alkyl halides is 3. The quantitative estimate of drug-likeness (QED) is 0.497. The van der Waals surface area contributed by atoms with Crippen molar-refractivity contribution in [3.63, 3.8) is 0 Å². The average molecular weight is 140 g/mol. The molecule has 0 aromatic rings. The largest absolute Gasteiger partial charge is 0.414 e. The zero-order chi connectivity index (χ0) is 7.07. The van der Waals surface area contributed by atoms with Crippen molar-refractivity contribution >= 4 is 0 Å². The van der Waals surface area contributed by atoms with E-state index in [1.807, 2.05) is 0 Å². The van der Waals surface area contributed by atoms with Gasteiger partial charge in [-0.05, 0) is 6.92 Å². The number of rotatable bonds is 0. The SMILES string of the molecule is CC1CC(C(F)(F)F)O1. The van der Waals surface area contributed by atoms with Crippen LogP contribution in [0.25, 0.3) is 0 Å². The first-order valence-electron chi connectivity index (χ1n) is 2.72. The van der Waals surface area contributed by atoms with Crippen molar-refractivity contribution in [2.24, 2.45) is 0 Å². The van der Waals surface area contributed by atoms with Crippen molar-refractivity contribution in [3.8, 4) is 0 Å². The summed E-state index contributed by atoms with van der Waals surface area (Å²) in [7, 11) is 0. The van der Waals surface area contributed by atoms with Gasteiger partial charge in [-0.2, -0.15) is 13.2 Å². The van der Waals surface area contributed by atoms with Crippen molar-refractivity contribution in [1.82, 2.24) is 0 Å². The van der Waals surface area contributed by atoms with Crippen LogP contribution in [0.5, 0.6) is 0 Å². The average Bonchev–Trinajstić information content (AvgIpc) is 1.55. The molecule has 4 heteroatoms. The highest BCUT2D eigenvalue weighted by Crippen LogP contribution is 2.34. The van der Waals surface area contributed by atoms with Gasteiger partial charge >= 0.3 is 6.18 Å². The minimum atomic E-state index is -4.15. The van der Waals surface area contributed by atoms with Crippen LogP contribution in [-0.4, -0.2) is 18.4 Å². The van der Waals surface area contributed by atoms with Gasteiger partial charge in [-0.1, -0.05) is 0 Å². The molecule has 0 saturated carbocycles. The number of hydrogen-bond acceptors (Lipinski definition) is 1. The predicted molar refractivity (Wildman–Crippen MR) is 25.0 cm³/mol. The third-order valence-electron chi connectivity index (χ3n) is 1.31. The molecular formula is C5H7F3O. The van der Waals surface area contributed by atoms with Crippen LogP contribution < -0.4 is 0 Å². The van der Waals surface area contributed by atoms with E-state index >= 15 is 0 Å². The van der Waals surface area contributed by atoms with E-state index in [1.54, 1.807) is 6.92 Å². The minimum Gasteiger partial charge on any atom is -0.366 e. The zero-order valence-corrected chi connectivity index (χ0v) is 4.90. The van der Waals surface area contributed by atoms with E-state index in [0.29, 0.717) is 0 Å². The molecule has 9 heavy (non-hydrogen) atoms. The first-order valence-corrected chi connectivity index (χ1v) is 2.72. The third-order valence-corrected chi connectivity index (χ3v) is 1.31. The molecule has 1 nitrogen and oxygen atoms in total. The van der Waals surface area contributed by atoms with Gasteiger partial charge in [-0.3, -0.25) is 0 Å². The summed E-state index contributed by atoms with van der Waals surface area (Å²) in [6.07, 6.45) is -5.74. The van der Waals surface area contributed by atoms with Gasteiger partial charge in [0.15, 0.2) is 6.10 Å². The molecule has 0 radical (unpaired) electrons. The van der Waals surface area contributed by atoms with Crippen LogP contribution in [0.2, 0.25) is 0 Å². The summed E-state index contributed by atoms with van der Waals surface area (Å²) in [5, 5.41) is 0. The van der Waals surface area contributed by atoms with E-state index < -0.39 is 12.3 Å². The second-order valence-electron chi connectivity index (χ2n) is 2.21. The molecule has 1 aliphatic rings. The van der Waals surface area contributed by atoms with Crippen LogP contribution in [0.3, 0.4) is 0 Å². The Morgan fingerprint density at radius 3 is 2.00 bits per heavy atom. The predicted octanol–water partition coefficient (Wildman–Crippen LogP) is 1.73. The minimum absolute atomic E-state index is 0.115. The smallest absolute Gasteiger partial charge is 0.366 e. The first kappa shape index (κ1) is 6.86. The number of hydrogen-bond donors (Lipinski definition) is 0. The van der Waals surface area contributed by atoms with Crippen molar-refractivity contribution < 1.29 is 17.9 Å². The van der Waals surface area contributed by atoms with Gasteiger partial charge in [-0.15, -0.1) is 0 Å². The summed E-state index contributed by atoms with van der Waals surface area (Å²) in [6, 6.07) is 0. The lowest BCUT2D eigenvalue weighted by Crippen LogP contribution is -2.45. The van der Waals surface area contributed by atoms with Gasteiger partial charge in [0, 0.05) is 6.42 Å². The fourth-order valence-electron chi connectivity index (χ4n) is 0.782. The van der Waals surface area contributed by atoms with Crippen molar-refractivity contribution in [1.29, 1.82) is 0 Å². The topological polar surface area (TPSA) is 9.23 Å². The number of halogens is 3. The Labute approximate surface area is 50.8 Å². The van der Waals surface area contributed by atoms with Crippen LogP contribution in [0, 0.1) is 0 Å². The van der Waals surface area contributed by atoms with Crippen molar-refractivity contribution in [2.75, 3.05) is 0 Å². The maximum atomic E-state index is 11.5. The van der Waals surface area contributed by atoms with Gasteiger partial charge in [0.1, 0.15) is 0 Å². The van der Waals surface area contributed by atoms with E-state index in [1.165, 1.54) is 0 Å². The van der Waals surface area contributed by atoms with Crippen molar-refractivity contribution in [2.45, 2.75) is 31.7 Å². The molecule has 1 saturated heterocycles. The Balaban J connectivity index is 2.32. The molecule has 1 heterocycles. The summed E-state index contributed by atoms with van der Waals surface area (Å²) >= 11 is 0. The lowest BCUT2D eigenvalue weighted by Gasteiger charge is -2.34. The highest BCUT2D eigenvalue weighted by molar-refractivity contribution is 4.79. The normalized spacial score (nSPS) is 36.0. The molecule has 1 aliphatic heterocycles. The van der Waals surface area contributed by atoms with Gasteiger partial charge in [-0.25, -0.2) is 0 Å². The monoisotopic (exact) mass is 140 g/mol. The molecule has 1 fully saturated rings. The second-order valence-corrected chi connectivity index (χ2v) is 2.21. The molecule has 1 rings (SSSR count). The number of ether oxygens (including phenoxy) is 1. The van der Waals surface area contributed by atoms with E-state index in [9.17, 15) is 13.2 Å². The molecule has 0 N–H and O–H groups in total. The van der Waals surface area contributed by atoms with Gasteiger partial charge < -0.3 is 4.74 Å². The summed E-state index contributed by atoms with van der Waals surface area (Å²) in [5.74, 6) is 0. The molecule has 54 valence electrons. The highest BCUT2D eigenvalue weighted by Gasteiger charge is 2.47. The Morgan fingerprint density at radius 1 is 1.44 bits per heavy atom. The Hall–Kier alpha value is -0.250. The van der Waals surface area contributed by atoms with Gasteiger partial charge in [0.2, 0.25) is 0 Å². The fraction of sp³-hybridized carbons (Fsp3) is 1.00. The molecule has 2 atom stereocenters. The Bertz CT molecular complexity index is 103. The zero-order valence-electron chi connectivity index (χ0n) is 4.90. The summed E-state index contributed by atoms with van der Waals surface area (Å²) in [4.78, 5) is 0. The summed E-state index contributed by atoms with van der Waals surface area (Å²) in [6.45, 7) is 1.63. The van der Waals surface area contributed by atoms with E-state index in [0.717, 1.165) is 0 Å². The highest BCUT2D eigenvalue weighted by atomic mass is 19.4. The van der Waals surface area contributed by atoms with E-state index in [4.69, 9.17) is 0 Å². The van der Waals surface area contributed by atoms with Crippen LogP contribution in [0.1, 0.15) is 13.3 Å². The molecule has 0 aromatic heterocycles. The molecular weight excluding hydrogens is 133 g/mol. The van der Waals surface area contributed by atoms with Crippen molar-refractivity contribution in [3.05, 3.63) is 0 Å². The molecule has 0 aromatic carbocycles. The van der Waals surface area contributed by atoms with Crippen LogP contribution in [-0.2, 0) is 4.74 Å². The molecule has 0 bridgehead atoms. The van der Waals surface area contributed by atoms with Gasteiger partial charge in [0.25, 0.3) is 0 Å². The summed E-state index contributed by atoms with van der Waals surface area (Å²) in [5.41, 5.74) is 0. The van der Waals surface area contributed by atoms with E-state index in [-0.39, 0.29) is 12.5 Å². The van der Waals surface area contributed by atoms with Crippen LogP contribution in [0.15, 0.2) is 0 Å². The molecule has 2 unspecified atom stereocenters. The maximum absolute atomic E-state index is 11.5. The molecule has 0 amide bonds. The lowest BCUT2D eigenvalue weighted by molar-refractivity contribution is -0.282. The molecule has 0 aliphatic carbocycles. The Morgan fingerprint density at radius 2 is 1.89 bits per heavy atom. The van der Waals surface area contributed by atoms with Crippen LogP contribution in [0.4, 0.5) is 13.2 Å². The van der Waals surface area contributed by atoms with E-state index in [2.05, 4.69) is 4.74 Å².